The van der Waals surface area contributed by atoms with Gasteiger partial charge in [-0.2, -0.15) is 0 Å². The van der Waals surface area contributed by atoms with E-state index in [4.69, 9.17) is 4.74 Å². The van der Waals surface area contributed by atoms with Crippen molar-refractivity contribution in [2.45, 2.75) is 13.8 Å². The van der Waals surface area contributed by atoms with Crippen molar-refractivity contribution in [1.82, 2.24) is 9.97 Å². The SMILES string of the molecule is CCOC(=O)c1sc(-c2ccc(-c3ccncc3)s2)nc1C.Cl. The zero-order valence-electron chi connectivity index (χ0n) is 12.6. The van der Waals surface area contributed by atoms with E-state index < -0.39 is 0 Å². The van der Waals surface area contributed by atoms with E-state index in [9.17, 15) is 4.79 Å². The lowest BCUT2D eigenvalue weighted by Crippen LogP contribution is -2.03. The third-order valence-electron chi connectivity index (χ3n) is 3.04. The lowest BCUT2D eigenvalue weighted by Gasteiger charge is -1.97. The van der Waals surface area contributed by atoms with Gasteiger partial charge in [-0.15, -0.1) is 35.1 Å². The minimum Gasteiger partial charge on any atom is -0.462 e. The molecule has 7 heteroatoms. The van der Waals surface area contributed by atoms with E-state index in [1.54, 1.807) is 30.7 Å². The number of carbonyl (C=O) groups is 1. The fourth-order valence-electron chi connectivity index (χ4n) is 2.01. The van der Waals surface area contributed by atoms with E-state index in [0.29, 0.717) is 11.5 Å². The van der Waals surface area contributed by atoms with Crippen LogP contribution in [0.5, 0.6) is 0 Å². The number of rotatable bonds is 4. The normalized spacial score (nSPS) is 10.2. The molecule has 3 aromatic rings. The summed E-state index contributed by atoms with van der Waals surface area (Å²) in [6.45, 7) is 4.01. The van der Waals surface area contributed by atoms with Crippen molar-refractivity contribution in [2.24, 2.45) is 0 Å². The minimum absolute atomic E-state index is 0. The van der Waals surface area contributed by atoms with Crippen molar-refractivity contribution in [2.75, 3.05) is 6.61 Å². The van der Waals surface area contributed by atoms with Crippen LogP contribution in [-0.4, -0.2) is 22.5 Å². The first-order valence-electron chi connectivity index (χ1n) is 6.84. The molecule has 0 aliphatic rings. The molecule has 0 unspecified atom stereocenters. The molecule has 0 fully saturated rings. The molecular formula is C16H15ClN2O2S2. The second-order valence-corrected chi connectivity index (χ2v) is 6.64. The first kappa shape index (κ1) is 17.6. The summed E-state index contributed by atoms with van der Waals surface area (Å²) in [6, 6.07) is 8.06. The molecule has 3 heterocycles. The fraction of sp³-hybridized carbons (Fsp3) is 0.188. The van der Waals surface area contributed by atoms with Gasteiger partial charge in [0.15, 0.2) is 0 Å². The van der Waals surface area contributed by atoms with Crippen molar-refractivity contribution in [3.8, 4) is 20.3 Å². The molecule has 0 atom stereocenters. The number of aromatic nitrogens is 2. The Kier molecular flexibility index (Phi) is 5.87. The minimum atomic E-state index is -0.297. The Hall–Kier alpha value is -1.76. The molecule has 0 N–H and O–H groups in total. The van der Waals surface area contributed by atoms with Gasteiger partial charge in [-0.05, 0) is 43.7 Å². The molecule has 0 aliphatic heterocycles. The smallest absolute Gasteiger partial charge is 0.350 e. The summed E-state index contributed by atoms with van der Waals surface area (Å²) >= 11 is 3.04. The van der Waals surface area contributed by atoms with Crippen LogP contribution in [0.3, 0.4) is 0 Å². The van der Waals surface area contributed by atoms with E-state index >= 15 is 0 Å². The number of pyridine rings is 1. The number of nitrogens with zero attached hydrogens (tertiary/aromatic N) is 2. The molecule has 0 saturated heterocycles. The number of esters is 1. The van der Waals surface area contributed by atoms with Gasteiger partial charge in [0, 0.05) is 17.3 Å². The molecule has 0 radical (unpaired) electrons. The summed E-state index contributed by atoms with van der Waals surface area (Å²) in [6.07, 6.45) is 3.56. The van der Waals surface area contributed by atoms with Crippen molar-refractivity contribution in [3.63, 3.8) is 0 Å². The Morgan fingerprint density at radius 2 is 1.83 bits per heavy atom. The Labute approximate surface area is 148 Å². The standard InChI is InChI=1S/C16H14N2O2S2.ClH/c1-3-20-16(19)14-10(2)18-15(22-14)13-5-4-12(21-13)11-6-8-17-9-7-11;/h4-9H,3H2,1-2H3;1H. The quantitative estimate of drug-likeness (QED) is 0.620. The third kappa shape index (κ3) is 3.77. The van der Waals surface area contributed by atoms with E-state index in [-0.39, 0.29) is 18.4 Å². The van der Waals surface area contributed by atoms with Gasteiger partial charge in [0.25, 0.3) is 0 Å². The first-order valence-corrected chi connectivity index (χ1v) is 8.47. The summed E-state index contributed by atoms with van der Waals surface area (Å²) in [7, 11) is 0. The number of ether oxygens (including phenoxy) is 1. The van der Waals surface area contributed by atoms with Crippen molar-refractivity contribution >= 4 is 41.0 Å². The van der Waals surface area contributed by atoms with E-state index in [1.807, 2.05) is 25.1 Å². The molecule has 0 aliphatic carbocycles. The Morgan fingerprint density at radius 1 is 1.13 bits per heavy atom. The summed E-state index contributed by atoms with van der Waals surface area (Å²) in [5.41, 5.74) is 1.85. The number of thiophene rings is 1. The number of hydrogen-bond donors (Lipinski definition) is 0. The van der Waals surface area contributed by atoms with Crippen LogP contribution in [0.2, 0.25) is 0 Å². The van der Waals surface area contributed by atoms with Gasteiger partial charge in [-0.1, -0.05) is 0 Å². The average molecular weight is 367 g/mol. The van der Waals surface area contributed by atoms with Gasteiger partial charge < -0.3 is 4.74 Å². The highest BCUT2D eigenvalue weighted by Crippen LogP contribution is 2.37. The van der Waals surface area contributed by atoms with Crippen LogP contribution in [0.25, 0.3) is 20.3 Å². The lowest BCUT2D eigenvalue weighted by atomic mass is 10.2. The van der Waals surface area contributed by atoms with Crippen molar-refractivity contribution < 1.29 is 9.53 Å². The van der Waals surface area contributed by atoms with Crippen LogP contribution in [-0.2, 0) is 4.74 Å². The zero-order valence-corrected chi connectivity index (χ0v) is 15.1. The largest absolute Gasteiger partial charge is 0.462 e. The van der Waals surface area contributed by atoms with Crippen LogP contribution in [0, 0.1) is 6.92 Å². The maximum absolute atomic E-state index is 11.9. The molecule has 120 valence electrons. The van der Waals surface area contributed by atoms with Gasteiger partial charge >= 0.3 is 5.97 Å². The van der Waals surface area contributed by atoms with Crippen LogP contribution in [0.4, 0.5) is 0 Å². The van der Waals surface area contributed by atoms with E-state index in [2.05, 4.69) is 16.0 Å². The first-order chi connectivity index (χ1) is 10.7. The van der Waals surface area contributed by atoms with Crippen LogP contribution >= 0.6 is 35.1 Å². The van der Waals surface area contributed by atoms with Crippen LogP contribution in [0.1, 0.15) is 22.3 Å². The lowest BCUT2D eigenvalue weighted by molar-refractivity contribution is 0.0531. The molecule has 0 aromatic carbocycles. The molecular weight excluding hydrogens is 352 g/mol. The van der Waals surface area contributed by atoms with Crippen molar-refractivity contribution in [1.29, 1.82) is 0 Å². The molecule has 0 saturated carbocycles. The highest BCUT2D eigenvalue weighted by atomic mass is 35.5. The van der Waals surface area contributed by atoms with Gasteiger partial charge in [-0.25, -0.2) is 9.78 Å². The molecule has 3 rings (SSSR count). The van der Waals surface area contributed by atoms with E-state index in [1.165, 1.54) is 11.3 Å². The summed E-state index contributed by atoms with van der Waals surface area (Å²) in [4.78, 5) is 23.2. The zero-order chi connectivity index (χ0) is 15.5. The van der Waals surface area contributed by atoms with Crippen LogP contribution in [0.15, 0.2) is 36.7 Å². The molecule has 23 heavy (non-hydrogen) atoms. The number of carbonyl (C=O) groups excluding carboxylic acids is 1. The van der Waals surface area contributed by atoms with Gasteiger partial charge in [0.1, 0.15) is 9.88 Å². The van der Waals surface area contributed by atoms with Crippen LogP contribution < -0.4 is 0 Å². The predicted octanol–water partition coefficient (Wildman–Crippen LogP) is 4.84. The molecule has 4 nitrogen and oxygen atoms in total. The maximum Gasteiger partial charge on any atom is 0.350 e. The Bertz CT molecular complexity index is 800. The van der Waals surface area contributed by atoms with E-state index in [0.717, 1.165) is 26.0 Å². The second-order valence-electron chi connectivity index (χ2n) is 4.55. The Morgan fingerprint density at radius 3 is 2.52 bits per heavy atom. The average Bonchev–Trinajstić information content (AvgIpc) is 3.15. The summed E-state index contributed by atoms with van der Waals surface area (Å²) in [5.74, 6) is -0.297. The predicted molar refractivity (Wildman–Crippen MR) is 96.6 cm³/mol. The topological polar surface area (TPSA) is 52.1 Å². The number of aryl methyl sites for hydroxylation is 1. The summed E-state index contributed by atoms with van der Waals surface area (Å²) in [5, 5.41) is 0.853. The molecule has 0 amide bonds. The van der Waals surface area contributed by atoms with Gasteiger partial charge in [0.2, 0.25) is 0 Å². The number of hydrogen-bond acceptors (Lipinski definition) is 6. The van der Waals surface area contributed by atoms with Gasteiger partial charge in [-0.3, -0.25) is 4.98 Å². The second kappa shape index (κ2) is 7.68. The number of thiazole rings is 1. The molecule has 0 spiro atoms. The monoisotopic (exact) mass is 366 g/mol. The van der Waals surface area contributed by atoms with Gasteiger partial charge in [0.05, 0.1) is 17.2 Å². The molecule has 0 bridgehead atoms. The molecule has 3 aromatic heterocycles. The fourth-order valence-corrected chi connectivity index (χ4v) is 4.04. The summed E-state index contributed by atoms with van der Waals surface area (Å²) < 4.78 is 5.06. The maximum atomic E-state index is 11.9. The number of halogens is 1. The van der Waals surface area contributed by atoms with Crippen molar-refractivity contribution in [3.05, 3.63) is 47.2 Å². The highest BCUT2D eigenvalue weighted by Gasteiger charge is 2.18. The third-order valence-corrected chi connectivity index (χ3v) is 5.48. The highest BCUT2D eigenvalue weighted by molar-refractivity contribution is 7.24. The Balaban J connectivity index is 0.00000192.